The van der Waals surface area contributed by atoms with Crippen molar-refractivity contribution < 1.29 is 23.9 Å². The van der Waals surface area contributed by atoms with E-state index >= 15 is 0 Å². The number of hydrogen-bond donors (Lipinski definition) is 2. The van der Waals surface area contributed by atoms with Crippen LogP contribution in [0.4, 0.5) is 4.79 Å². The van der Waals surface area contributed by atoms with Crippen molar-refractivity contribution in [3.8, 4) is 11.5 Å². The number of ketones is 1. The maximum Gasteiger partial charge on any atom is 0.321 e. The summed E-state index contributed by atoms with van der Waals surface area (Å²) in [5.41, 5.74) is 0. The second-order valence-corrected chi connectivity index (χ2v) is 8.68. The van der Waals surface area contributed by atoms with Crippen LogP contribution in [0.25, 0.3) is 0 Å². The Morgan fingerprint density at radius 2 is 1.68 bits per heavy atom. The number of para-hydroxylation sites is 2. The minimum Gasteiger partial charge on any atom is -0.485 e. The van der Waals surface area contributed by atoms with Crippen molar-refractivity contribution in [2.24, 2.45) is 5.92 Å². The summed E-state index contributed by atoms with van der Waals surface area (Å²) >= 11 is 0. The van der Waals surface area contributed by atoms with Gasteiger partial charge in [0.2, 0.25) is 5.91 Å². The van der Waals surface area contributed by atoms with Gasteiger partial charge < -0.3 is 14.8 Å². The van der Waals surface area contributed by atoms with Crippen molar-refractivity contribution in [3.05, 3.63) is 24.3 Å². The zero-order valence-electron chi connectivity index (χ0n) is 17.8. The van der Waals surface area contributed by atoms with Gasteiger partial charge in [-0.1, -0.05) is 31.4 Å². The molecule has 8 nitrogen and oxygen atoms in total. The molecule has 31 heavy (non-hydrogen) atoms. The molecule has 3 amide bonds. The van der Waals surface area contributed by atoms with Gasteiger partial charge in [0.15, 0.2) is 23.4 Å². The van der Waals surface area contributed by atoms with E-state index in [0.29, 0.717) is 31.1 Å². The number of nitrogens with zero attached hydrogens (tertiary/aromatic N) is 1. The number of benzene rings is 1. The van der Waals surface area contributed by atoms with Crippen molar-refractivity contribution in [3.63, 3.8) is 0 Å². The van der Waals surface area contributed by atoms with Gasteiger partial charge in [0.1, 0.15) is 6.61 Å². The predicted octanol–water partition coefficient (Wildman–Crippen LogP) is 2.27. The number of Topliss-reactive ketones (excluding diaryl/α,β-unsaturated/α-hetero) is 1. The first-order valence-corrected chi connectivity index (χ1v) is 11.3. The second-order valence-electron chi connectivity index (χ2n) is 8.68. The fraction of sp³-hybridized carbons (Fsp3) is 0.609. The van der Waals surface area contributed by atoms with Gasteiger partial charge in [0.25, 0.3) is 0 Å². The first-order valence-electron chi connectivity index (χ1n) is 11.3. The zero-order valence-corrected chi connectivity index (χ0v) is 17.8. The maximum atomic E-state index is 12.6. The van der Waals surface area contributed by atoms with Gasteiger partial charge >= 0.3 is 6.03 Å². The standard InChI is InChI=1S/C23H31N3O5/c27-18(21-15-30-19-8-4-5-9-20(19)31-21)14-26-12-10-17(11-13-26)24-23(29)25-22(28)16-6-2-1-3-7-16/h4-5,8-9,16-17,21H,1-3,6-7,10-15H2,(H2,24,25,28,29). The van der Waals surface area contributed by atoms with Gasteiger partial charge in [0, 0.05) is 25.0 Å². The first kappa shape index (κ1) is 21.6. The highest BCUT2D eigenvalue weighted by Gasteiger charge is 2.30. The average Bonchev–Trinajstić information content (AvgIpc) is 2.80. The van der Waals surface area contributed by atoms with Crippen molar-refractivity contribution in [1.29, 1.82) is 0 Å². The van der Waals surface area contributed by atoms with Crippen LogP contribution in [-0.2, 0) is 9.59 Å². The smallest absolute Gasteiger partial charge is 0.321 e. The lowest BCUT2D eigenvalue weighted by atomic mass is 9.89. The summed E-state index contributed by atoms with van der Waals surface area (Å²) in [6.07, 6.45) is 5.90. The molecule has 0 spiro atoms. The molecule has 1 aromatic rings. The molecule has 4 rings (SSSR count). The molecule has 1 saturated heterocycles. The summed E-state index contributed by atoms with van der Waals surface area (Å²) in [7, 11) is 0. The number of piperidine rings is 1. The maximum absolute atomic E-state index is 12.6. The van der Waals surface area contributed by atoms with E-state index in [0.717, 1.165) is 38.5 Å². The number of urea groups is 1. The molecule has 1 aliphatic carbocycles. The number of carbonyl (C=O) groups is 3. The minimum absolute atomic E-state index is 0.00302. The lowest BCUT2D eigenvalue weighted by Crippen LogP contribution is -2.51. The molecule has 1 aromatic carbocycles. The third kappa shape index (κ3) is 5.76. The Labute approximate surface area is 182 Å². The van der Waals surface area contributed by atoms with E-state index in [4.69, 9.17) is 9.47 Å². The van der Waals surface area contributed by atoms with Gasteiger partial charge in [0.05, 0.1) is 6.54 Å². The zero-order chi connectivity index (χ0) is 21.6. The van der Waals surface area contributed by atoms with Crippen LogP contribution < -0.4 is 20.1 Å². The fourth-order valence-corrected chi connectivity index (χ4v) is 4.54. The SMILES string of the molecule is O=C(NC(=O)C1CCCCC1)NC1CCN(CC(=O)C2COc3ccccc3O2)CC1. The van der Waals surface area contributed by atoms with E-state index in [1.807, 2.05) is 18.2 Å². The Balaban J connectivity index is 1.16. The summed E-state index contributed by atoms with van der Waals surface area (Å²) in [4.78, 5) is 39.1. The molecule has 2 fully saturated rings. The van der Waals surface area contributed by atoms with Crippen LogP contribution in [0.5, 0.6) is 11.5 Å². The van der Waals surface area contributed by atoms with Crippen molar-refractivity contribution in [2.75, 3.05) is 26.2 Å². The van der Waals surface area contributed by atoms with Crippen LogP contribution in [-0.4, -0.2) is 61.0 Å². The van der Waals surface area contributed by atoms with Crippen LogP contribution in [0.2, 0.25) is 0 Å². The van der Waals surface area contributed by atoms with Gasteiger partial charge in [-0.3, -0.25) is 19.8 Å². The molecular formula is C23H31N3O5. The Bertz CT molecular complexity index is 800. The molecule has 0 bridgehead atoms. The fourth-order valence-electron chi connectivity index (χ4n) is 4.54. The van der Waals surface area contributed by atoms with E-state index in [1.54, 1.807) is 6.07 Å². The molecule has 2 heterocycles. The van der Waals surface area contributed by atoms with Gasteiger partial charge in [-0.25, -0.2) is 4.79 Å². The van der Waals surface area contributed by atoms with E-state index in [-0.39, 0.29) is 30.3 Å². The molecule has 2 aliphatic heterocycles. The minimum atomic E-state index is -0.595. The van der Waals surface area contributed by atoms with E-state index in [9.17, 15) is 14.4 Å². The molecule has 0 aromatic heterocycles. The topological polar surface area (TPSA) is 97.0 Å². The third-order valence-corrected chi connectivity index (χ3v) is 6.38. The van der Waals surface area contributed by atoms with Crippen molar-refractivity contribution >= 4 is 17.7 Å². The summed E-state index contributed by atoms with van der Waals surface area (Å²) in [6, 6.07) is 6.95. The molecular weight excluding hydrogens is 398 g/mol. The highest BCUT2D eigenvalue weighted by atomic mass is 16.6. The second kappa shape index (κ2) is 10.1. The van der Waals surface area contributed by atoms with E-state index in [1.165, 1.54) is 6.42 Å². The normalized spacial score (nSPS) is 22.5. The number of ether oxygens (including phenoxy) is 2. The van der Waals surface area contributed by atoms with E-state index in [2.05, 4.69) is 15.5 Å². The molecule has 2 N–H and O–H groups in total. The molecule has 1 saturated carbocycles. The Morgan fingerprint density at radius 3 is 2.42 bits per heavy atom. The molecule has 168 valence electrons. The number of imide groups is 1. The Hall–Kier alpha value is -2.61. The number of hydrogen-bond acceptors (Lipinski definition) is 6. The molecule has 0 radical (unpaired) electrons. The van der Waals surface area contributed by atoms with Gasteiger partial charge in [-0.05, 0) is 37.8 Å². The number of nitrogens with one attached hydrogen (secondary N) is 2. The summed E-state index contributed by atoms with van der Waals surface area (Å²) in [5.74, 6) is 1.07. The van der Waals surface area contributed by atoms with Crippen LogP contribution in [0.15, 0.2) is 24.3 Å². The monoisotopic (exact) mass is 429 g/mol. The number of carbonyl (C=O) groups excluding carboxylic acids is 3. The molecule has 1 atom stereocenters. The lowest BCUT2D eigenvalue weighted by Gasteiger charge is -2.33. The number of likely N-dealkylation sites (tertiary alicyclic amines) is 1. The molecule has 3 aliphatic rings. The number of rotatable bonds is 5. The van der Waals surface area contributed by atoms with Crippen LogP contribution in [0, 0.1) is 5.92 Å². The number of fused-ring (bicyclic) bond motifs is 1. The van der Waals surface area contributed by atoms with Crippen molar-refractivity contribution in [2.45, 2.75) is 57.1 Å². The highest BCUT2D eigenvalue weighted by Crippen LogP contribution is 2.31. The van der Waals surface area contributed by atoms with Gasteiger partial charge in [-0.15, -0.1) is 0 Å². The average molecular weight is 430 g/mol. The Morgan fingerprint density at radius 1 is 0.968 bits per heavy atom. The molecule has 1 unspecified atom stereocenters. The largest absolute Gasteiger partial charge is 0.485 e. The molecule has 8 heteroatoms. The van der Waals surface area contributed by atoms with Crippen molar-refractivity contribution in [1.82, 2.24) is 15.5 Å². The Kier molecular flexibility index (Phi) is 7.06. The quantitative estimate of drug-likeness (QED) is 0.745. The highest BCUT2D eigenvalue weighted by molar-refractivity contribution is 5.95. The summed E-state index contributed by atoms with van der Waals surface area (Å²) in [6.45, 7) is 1.94. The predicted molar refractivity (Wildman–Crippen MR) is 114 cm³/mol. The van der Waals surface area contributed by atoms with Gasteiger partial charge in [-0.2, -0.15) is 0 Å². The summed E-state index contributed by atoms with van der Waals surface area (Å²) < 4.78 is 11.4. The number of amides is 3. The summed E-state index contributed by atoms with van der Waals surface area (Å²) in [5, 5.41) is 5.41. The third-order valence-electron chi connectivity index (χ3n) is 6.38. The van der Waals surface area contributed by atoms with E-state index < -0.39 is 12.1 Å². The van der Waals surface area contributed by atoms with Crippen LogP contribution >= 0.6 is 0 Å². The van der Waals surface area contributed by atoms with Crippen LogP contribution in [0.3, 0.4) is 0 Å². The first-order chi connectivity index (χ1) is 15.1. The van der Waals surface area contributed by atoms with Crippen LogP contribution in [0.1, 0.15) is 44.9 Å². The lowest BCUT2D eigenvalue weighted by molar-refractivity contribution is -0.129.